The first-order valence-corrected chi connectivity index (χ1v) is 10.9. The zero-order valence-electron chi connectivity index (χ0n) is 17.6. The van der Waals surface area contributed by atoms with Gasteiger partial charge in [0, 0.05) is 56.1 Å². The highest BCUT2D eigenvalue weighted by Crippen LogP contribution is 2.31. The van der Waals surface area contributed by atoms with Crippen molar-refractivity contribution in [3.8, 4) is 0 Å². The molecule has 1 unspecified atom stereocenters. The molecular weight excluding hydrogens is 409 g/mol. The monoisotopic (exact) mass is 433 g/mol. The number of carbonyl (C=O) groups is 1. The number of benzene rings is 1. The summed E-state index contributed by atoms with van der Waals surface area (Å²) >= 11 is 0. The van der Waals surface area contributed by atoms with Crippen molar-refractivity contribution in [3.05, 3.63) is 93.2 Å². The summed E-state index contributed by atoms with van der Waals surface area (Å²) in [6, 6.07) is 9.86. The van der Waals surface area contributed by atoms with E-state index < -0.39 is 0 Å². The van der Waals surface area contributed by atoms with Crippen LogP contribution >= 0.6 is 0 Å². The molecule has 1 N–H and O–H groups in total. The van der Waals surface area contributed by atoms with Gasteiger partial charge in [0.25, 0.3) is 11.5 Å². The first kappa shape index (κ1) is 20.5. The van der Waals surface area contributed by atoms with Gasteiger partial charge in [-0.3, -0.25) is 19.5 Å². The van der Waals surface area contributed by atoms with Crippen molar-refractivity contribution in [2.75, 3.05) is 13.1 Å². The first-order valence-electron chi connectivity index (χ1n) is 10.9. The average Bonchev–Trinajstić information content (AvgIpc) is 3.31. The number of hydrogen-bond donors (Lipinski definition) is 1. The van der Waals surface area contributed by atoms with Gasteiger partial charge in [-0.2, -0.15) is 0 Å². The molecule has 1 fully saturated rings. The Morgan fingerprint density at radius 3 is 2.78 bits per heavy atom. The zero-order chi connectivity index (χ0) is 22.1. The molecule has 2 aliphatic heterocycles. The second-order valence-electron chi connectivity index (χ2n) is 8.32. The second-order valence-corrected chi connectivity index (χ2v) is 8.32. The van der Waals surface area contributed by atoms with Crippen molar-refractivity contribution in [2.24, 2.45) is 0 Å². The Morgan fingerprint density at radius 1 is 1.16 bits per heavy atom. The van der Waals surface area contributed by atoms with Crippen molar-refractivity contribution >= 4 is 5.91 Å². The van der Waals surface area contributed by atoms with Crippen molar-refractivity contribution in [1.82, 2.24) is 24.8 Å². The number of carbonyl (C=O) groups excluding carboxylic acids is 1. The van der Waals surface area contributed by atoms with Crippen LogP contribution in [0.25, 0.3) is 0 Å². The molecule has 2 aromatic heterocycles. The summed E-state index contributed by atoms with van der Waals surface area (Å²) < 4.78 is 14.0. The largest absolute Gasteiger partial charge is 0.328 e. The molecule has 1 aromatic carbocycles. The van der Waals surface area contributed by atoms with Crippen LogP contribution < -0.4 is 5.56 Å². The molecule has 0 aliphatic carbocycles. The maximum atomic E-state index is 14.0. The fourth-order valence-electron chi connectivity index (χ4n) is 4.61. The Labute approximate surface area is 184 Å². The molecule has 3 aromatic rings. The summed E-state index contributed by atoms with van der Waals surface area (Å²) in [4.78, 5) is 41.5. The van der Waals surface area contributed by atoms with E-state index in [2.05, 4.69) is 14.9 Å². The molecule has 32 heavy (non-hydrogen) atoms. The normalized spacial score (nSPS) is 18.5. The summed E-state index contributed by atoms with van der Waals surface area (Å²) in [6.07, 6.45) is 5.44. The minimum atomic E-state index is -0.245. The summed E-state index contributed by atoms with van der Waals surface area (Å²) in [5.74, 6) is 0.239. The SMILES string of the molecule is O=C(c1ccncc1)N1CCCC1c1nc2c(c(=O)[nH]1)CN(Cc1ccccc1F)CC2. The van der Waals surface area contributed by atoms with E-state index in [4.69, 9.17) is 4.98 Å². The Kier molecular flexibility index (Phi) is 5.53. The number of fused-ring (bicyclic) bond motifs is 1. The van der Waals surface area contributed by atoms with Gasteiger partial charge < -0.3 is 9.88 Å². The number of aromatic amines is 1. The summed E-state index contributed by atoms with van der Waals surface area (Å²) in [6.45, 7) is 2.20. The Hall–Kier alpha value is -3.39. The molecule has 7 nitrogen and oxygen atoms in total. The number of nitrogens with zero attached hydrogens (tertiary/aromatic N) is 4. The number of halogens is 1. The minimum absolute atomic E-state index is 0.0775. The first-order chi connectivity index (χ1) is 15.6. The van der Waals surface area contributed by atoms with Crippen LogP contribution in [0.15, 0.2) is 53.6 Å². The molecule has 0 spiro atoms. The molecule has 0 bridgehead atoms. The van der Waals surface area contributed by atoms with Gasteiger partial charge in [0.15, 0.2) is 0 Å². The van der Waals surface area contributed by atoms with Crippen LogP contribution in [0.2, 0.25) is 0 Å². The van der Waals surface area contributed by atoms with E-state index in [0.29, 0.717) is 55.1 Å². The van der Waals surface area contributed by atoms with Crippen LogP contribution in [-0.4, -0.2) is 43.7 Å². The number of pyridine rings is 1. The van der Waals surface area contributed by atoms with Crippen LogP contribution in [0, 0.1) is 5.82 Å². The van der Waals surface area contributed by atoms with Gasteiger partial charge in [-0.25, -0.2) is 9.37 Å². The third-order valence-electron chi connectivity index (χ3n) is 6.27. The summed E-state index contributed by atoms with van der Waals surface area (Å²) in [5, 5.41) is 0. The third-order valence-corrected chi connectivity index (χ3v) is 6.27. The third kappa shape index (κ3) is 3.93. The van der Waals surface area contributed by atoms with E-state index >= 15 is 0 Å². The highest BCUT2D eigenvalue weighted by molar-refractivity contribution is 5.94. The maximum absolute atomic E-state index is 14.0. The highest BCUT2D eigenvalue weighted by atomic mass is 19.1. The summed E-state index contributed by atoms with van der Waals surface area (Å²) in [5.41, 5.74) is 2.42. The van der Waals surface area contributed by atoms with Gasteiger partial charge in [-0.1, -0.05) is 18.2 Å². The van der Waals surface area contributed by atoms with Crippen molar-refractivity contribution in [2.45, 2.75) is 38.4 Å². The molecule has 2 aliphatic rings. The smallest absolute Gasteiger partial charge is 0.255 e. The van der Waals surface area contributed by atoms with Gasteiger partial charge in [-0.05, 0) is 31.0 Å². The zero-order valence-corrected chi connectivity index (χ0v) is 17.6. The number of rotatable bonds is 4. The molecule has 0 radical (unpaired) electrons. The molecule has 164 valence electrons. The quantitative estimate of drug-likeness (QED) is 0.684. The van der Waals surface area contributed by atoms with Crippen LogP contribution in [0.3, 0.4) is 0 Å². The number of aromatic nitrogens is 3. The predicted molar refractivity (Wildman–Crippen MR) is 116 cm³/mol. The van der Waals surface area contributed by atoms with E-state index in [9.17, 15) is 14.0 Å². The van der Waals surface area contributed by atoms with Gasteiger partial charge in [0.1, 0.15) is 11.6 Å². The van der Waals surface area contributed by atoms with E-state index in [1.54, 1.807) is 41.6 Å². The molecule has 4 heterocycles. The van der Waals surface area contributed by atoms with Crippen LogP contribution in [0.4, 0.5) is 4.39 Å². The number of nitrogens with one attached hydrogen (secondary N) is 1. The second kappa shape index (κ2) is 8.63. The lowest BCUT2D eigenvalue weighted by Gasteiger charge is -2.29. The number of amides is 1. The molecule has 0 saturated carbocycles. The Bertz CT molecular complexity index is 1200. The van der Waals surface area contributed by atoms with Crippen molar-refractivity contribution < 1.29 is 9.18 Å². The van der Waals surface area contributed by atoms with Gasteiger partial charge in [-0.15, -0.1) is 0 Å². The number of likely N-dealkylation sites (tertiary alicyclic amines) is 1. The van der Waals surface area contributed by atoms with E-state index in [1.165, 1.54) is 6.07 Å². The highest BCUT2D eigenvalue weighted by Gasteiger charge is 2.33. The van der Waals surface area contributed by atoms with Crippen molar-refractivity contribution in [3.63, 3.8) is 0 Å². The van der Waals surface area contributed by atoms with Gasteiger partial charge in [0.2, 0.25) is 0 Å². The lowest BCUT2D eigenvalue weighted by molar-refractivity contribution is 0.0729. The minimum Gasteiger partial charge on any atom is -0.328 e. The fraction of sp³-hybridized carbons (Fsp3) is 0.333. The molecular formula is C24H24FN5O2. The van der Waals surface area contributed by atoms with Crippen LogP contribution in [0.1, 0.15) is 51.9 Å². The topological polar surface area (TPSA) is 82.2 Å². The molecule has 1 atom stereocenters. The standard InChI is InChI=1S/C24H24FN5O2/c25-19-5-2-1-4-17(19)14-29-13-9-20-18(15-29)23(31)28-22(27-20)21-6-3-12-30(21)24(32)16-7-10-26-11-8-16/h1-2,4-5,7-8,10-11,21H,3,6,9,12-15H2,(H,27,28,31). The van der Waals surface area contributed by atoms with Gasteiger partial charge >= 0.3 is 0 Å². The lowest BCUT2D eigenvalue weighted by Crippen LogP contribution is -2.38. The lowest BCUT2D eigenvalue weighted by atomic mass is 10.0. The van der Waals surface area contributed by atoms with E-state index in [-0.39, 0.29) is 23.3 Å². The Morgan fingerprint density at radius 2 is 1.97 bits per heavy atom. The van der Waals surface area contributed by atoms with E-state index in [0.717, 1.165) is 18.5 Å². The van der Waals surface area contributed by atoms with Crippen molar-refractivity contribution in [1.29, 1.82) is 0 Å². The number of hydrogen-bond acceptors (Lipinski definition) is 5. The summed E-state index contributed by atoms with van der Waals surface area (Å²) in [7, 11) is 0. The number of H-pyrrole nitrogens is 1. The maximum Gasteiger partial charge on any atom is 0.255 e. The molecule has 8 heteroatoms. The fourth-order valence-corrected chi connectivity index (χ4v) is 4.61. The van der Waals surface area contributed by atoms with Crippen LogP contribution in [-0.2, 0) is 19.5 Å². The Balaban J connectivity index is 1.37. The van der Waals surface area contributed by atoms with Crippen LogP contribution in [0.5, 0.6) is 0 Å². The molecule has 1 amide bonds. The van der Waals surface area contributed by atoms with E-state index in [1.807, 2.05) is 6.07 Å². The molecule has 1 saturated heterocycles. The predicted octanol–water partition coefficient (Wildman–Crippen LogP) is 2.84. The van der Waals surface area contributed by atoms with Gasteiger partial charge in [0.05, 0.1) is 17.3 Å². The molecule has 5 rings (SSSR count). The average molecular weight is 433 g/mol.